The van der Waals surface area contributed by atoms with Crippen LogP contribution in [-0.2, 0) is 9.53 Å². The van der Waals surface area contributed by atoms with E-state index in [9.17, 15) is 18.0 Å². The average molecular weight is 432 g/mol. The second-order valence-electron chi connectivity index (χ2n) is 7.85. The predicted octanol–water partition coefficient (Wildman–Crippen LogP) is 2.07. The first-order chi connectivity index (χ1) is 14.0. The molecule has 8 nitrogen and oxygen atoms in total. The van der Waals surface area contributed by atoms with Crippen molar-refractivity contribution in [1.29, 1.82) is 0 Å². The number of carbonyl (C=O) groups excluding carboxylic acids is 1. The van der Waals surface area contributed by atoms with Crippen LogP contribution in [0.3, 0.4) is 0 Å². The summed E-state index contributed by atoms with van der Waals surface area (Å²) >= 11 is 0. The van der Waals surface area contributed by atoms with Gasteiger partial charge in [-0.05, 0) is 18.8 Å². The molecule has 0 unspecified atom stereocenters. The summed E-state index contributed by atoms with van der Waals surface area (Å²) < 4.78 is 37.9. The number of aliphatic carboxylic acids is 1. The predicted molar refractivity (Wildman–Crippen MR) is 101 cm³/mol. The highest BCUT2D eigenvalue weighted by Crippen LogP contribution is 2.30. The van der Waals surface area contributed by atoms with E-state index in [1.807, 2.05) is 4.90 Å². The molecule has 1 aromatic heterocycles. The number of nitrogens with zero attached hydrogens (tertiary/aromatic N) is 4. The Bertz CT molecular complexity index is 707. The number of hydrogen-bond acceptors (Lipinski definition) is 6. The van der Waals surface area contributed by atoms with Crippen molar-refractivity contribution in [1.82, 2.24) is 19.8 Å². The number of carboxylic acids is 1. The minimum atomic E-state index is -5.08. The van der Waals surface area contributed by atoms with Crippen LogP contribution in [0.15, 0.2) is 18.6 Å². The highest BCUT2D eigenvalue weighted by atomic mass is 19.4. The van der Waals surface area contributed by atoms with E-state index in [-0.39, 0.29) is 11.5 Å². The number of likely N-dealkylation sites (tertiary alicyclic amines) is 1. The van der Waals surface area contributed by atoms with E-state index in [0.29, 0.717) is 31.3 Å². The van der Waals surface area contributed by atoms with Gasteiger partial charge in [-0.2, -0.15) is 13.2 Å². The first kappa shape index (κ1) is 24.0. The van der Waals surface area contributed by atoms with Crippen LogP contribution in [0.5, 0.6) is 0 Å². The maximum atomic E-state index is 12.6. The third-order valence-electron chi connectivity index (χ3n) is 4.95. The maximum absolute atomic E-state index is 12.6. The van der Waals surface area contributed by atoms with Crippen LogP contribution in [0, 0.1) is 5.92 Å². The molecule has 0 radical (unpaired) electrons. The SMILES string of the molecule is CC(C)CN1CCC2(CC1)CN(C(=O)c1cnccn1)CCO2.O=C(O)C(F)(F)F. The van der Waals surface area contributed by atoms with E-state index in [0.717, 1.165) is 32.5 Å². The van der Waals surface area contributed by atoms with Gasteiger partial charge < -0.3 is 19.6 Å². The number of piperidine rings is 1. The highest BCUT2D eigenvalue weighted by Gasteiger charge is 2.41. The Kier molecular flexibility index (Phi) is 8.13. The molecule has 0 bridgehead atoms. The van der Waals surface area contributed by atoms with Crippen molar-refractivity contribution in [3.05, 3.63) is 24.3 Å². The molecule has 30 heavy (non-hydrogen) atoms. The van der Waals surface area contributed by atoms with Gasteiger partial charge in [-0.1, -0.05) is 13.8 Å². The molecule has 0 aromatic carbocycles. The lowest BCUT2D eigenvalue weighted by Gasteiger charge is -2.47. The quantitative estimate of drug-likeness (QED) is 0.781. The first-order valence-electron chi connectivity index (χ1n) is 9.74. The van der Waals surface area contributed by atoms with Crippen LogP contribution >= 0.6 is 0 Å². The third-order valence-corrected chi connectivity index (χ3v) is 4.95. The largest absolute Gasteiger partial charge is 0.490 e. The molecular formula is C19H27F3N4O4. The number of carboxylic acid groups (broad SMARTS) is 1. The van der Waals surface area contributed by atoms with Gasteiger partial charge in [0.15, 0.2) is 0 Å². The van der Waals surface area contributed by atoms with Crippen molar-refractivity contribution in [2.75, 3.05) is 39.3 Å². The van der Waals surface area contributed by atoms with Crippen molar-refractivity contribution in [3.8, 4) is 0 Å². The van der Waals surface area contributed by atoms with Gasteiger partial charge in [-0.15, -0.1) is 0 Å². The molecule has 1 aromatic rings. The topological polar surface area (TPSA) is 95.9 Å². The maximum Gasteiger partial charge on any atom is 0.490 e. The van der Waals surface area contributed by atoms with Gasteiger partial charge in [-0.3, -0.25) is 9.78 Å². The monoisotopic (exact) mass is 432 g/mol. The number of alkyl halides is 3. The zero-order valence-electron chi connectivity index (χ0n) is 17.1. The van der Waals surface area contributed by atoms with E-state index in [1.165, 1.54) is 6.20 Å². The van der Waals surface area contributed by atoms with E-state index >= 15 is 0 Å². The molecular weight excluding hydrogens is 405 g/mol. The average Bonchev–Trinajstić information content (AvgIpc) is 2.70. The summed E-state index contributed by atoms with van der Waals surface area (Å²) in [7, 11) is 0. The Labute approximate surface area is 173 Å². The van der Waals surface area contributed by atoms with Crippen LogP contribution < -0.4 is 0 Å². The fourth-order valence-corrected chi connectivity index (χ4v) is 3.55. The molecule has 3 heterocycles. The van der Waals surface area contributed by atoms with Crippen LogP contribution in [0.4, 0.5) is 13.2 Å². The molecule has 168 valence electrons. The Morgan fingerprint density at radius 1 is 1.23 bits per heavy atom. The lowest BCUT2D eigenvalue weighted by Crippen LogP contribution is -2.58. The summed E-state index contributed by atoms with van der Waals surface area (Å²) in [5, 5.41) is 7.12. The van der Waals surface area contributed by atoms with E-state index in [2.05, 4.69) is 28.7 Å². The number of hydrogen-bond donors (Lipinski definition) is 1. The zero-order valence-corrected chi connectivity index (χ0v) is 17.1. The second-order valence-corrected chi connectivity index (χ2v) is 7.85. The number of morpholine rings is 1. The Morgan fingerprint density at radius 3 is 2.37 bits per heavy atom. The van der Waals surface area contributed by atoms with Crippen molar-refractivity contribution in [2.24, 2.45) is 5.92 Å². The number of carbonyl (C=O) groups is 2. The van der Waals surface area contributed by atoms with Gasteiger partial charge in [0.05, 0.1) is 24.9 Å². The first-order valence-corrected chi connectivity index (χ1v) is 9.74. The van der Waals surface area contributed by atoms with Gasteiger partial charge in [0, 0.05) is 38.6 Å². The van der Waals surface area contributed by atoms with E-state index in [1.54, 1.807) is 12.4 Å². The molecule has 1 N–H and O–H groups in total. The Balaban J connectivity index is 0.000000396. The summed E-state index contributed by atoms with van der Waals surface area (Å²) in [6.45, 7) is 9.64. The highest BCUT2D eigenvalue weighted by molar-refractivity contribution is 5.92. The summed E-state index contributed by atoms with van der Waals surface area (Å²) in [5.41, 5.74) is 0.241. The normalized spacial score (nSPS) is 19.3. The number of halogens is 3. The number of ether oxygens (including phenoxy) is 1. The van der Waals surface area contributed by atoms with Gasteiger partial charge in [-0.25, -0.2) is 9.78 Å². The van der Waals surface area contributed by atoms with E-state index in [4.69, 9.17) is 14.6 Å². The summed E-state index contributed by atoms with van der Waals surface area (Å²) in [4.78, 5) is 34.0. The zero-order chi connectivity index (χ0) is 22.4. The lowest BCUT2D eigenvalue weighted by molar-refractivity contribution is -0.192. The van der Waals surface area contributed by atoms with Gasteiger partial charge in [0.1, 0.15) is 5.69 Å². The standard InChI is InChI=1S/C17H26N4O2.C2HF3O2/c1-14(2)12-20-7-3-17(4-8-20)13-21(9-10-23-17)16(22)15-11-18-5-6-19-15;3-2(4,5)1(6)7/h5-6,11,14H,3-4,7-10,12-13H2,1-2H3;(H,6,7). The third kappa shape index (κ3) is 6.91. The summed E-state index contributed by atoms with van der Waals surface area (Å²) in [6.07, 6.45) is 1.58. The molecule has 1 amide bonds. The molecule has 0 atom stereocenters. The number of aromatic nitrogens is 2. The molecule has 2 fully saturated rings. The van der Waals surface area contributed by atoms with Crippen molar-refractivity contribution < 1.29 is 32.6 Å². The molecule has 2 aliphatic heterocycles. The molecule has 2 saturated heterocycles. The number of amides is 1. The lowest BCUT2D eigenvalue weighted by atomic mass is 9.89. The van der Waals surface area contributed by atoms with Crippen molar-refractivity contribution in [2.45, 2.75) is 38.5 Å². The van der Waals surface area contributed by atoms with Crippen LogP contribution in [0.2, 0.25) is 0 Å². The van der Waals surface area contributed by atoms with E-state index < -0.39 is 12.1 Å². The van der Waals surface area contributed by atoms with Crippen molar-refractivity contribution in [3.63, 3.8) is 0 Å². The van der Waals surface area contributed by atoms with Crippen LogP contribution in [0.1, 0.15) is 37.2 Å². The molecule has 2 aliphatic rings. The fraction of sp³-hybridized carbons (Fsp3) is 0.684. The smallest absolute Gasteiger partial charge is 0.475 e. The fourth-order valence-electron chi connectivity index (χ4n) is 3.55. The summed E-state index contributed by atoms with van der Waals surface area (Å²) in [5.74, 6) is -2.11. The molecule has 0 aliphatic carbocycles. The Hall–Kier alpha value is -2.27. The Morgan fingerprint density at radius 2 is 1.87 bits per heavy atom. The van der Waals surface area contributed by atoms with Gasteiger partial charge in [0.25, 0.3) is 5.91 Å². The molecule has 1 spiro atoms. The minimum absolute atomic E-state index is 0.0367. The second kappa shape index (κ2) is 10.2. The molecule has 11 heteroatoms. The van der Waals surface area contributed by atoms with Gasteiger partial charge >= 0.3 is 12.1 Å². The van der Waals surface area contributed by atoms with Crippen LogP contribution in [-0.4, -0.2) is 87.9 Å². The molecule has 3 rings (SSSR count). The minimum Gasteiger partial charge on any atom is -0.475 e. The molecule has 0 saturated carbocycles. The number of rotatable bonds is 3. The summed E-state index contributed by atoms with van der Waals surface area (Å²) in [6, 6.07) is 0. The van der Waals surface area contributed by atoms with Crippen LogP contribution in [0.25, 0.3) is 0 Å². The van der Waals surface area contributed by atoms with Gasteiger partial charge in [0.2, 0.25) is 0 Å². The van der Waals surface area contributed by atoms with Crippen molar-refractivity contribution >= 4 is 11.9 Å².